The van der Waals surface area contributed by atoms with Gasteiger partial charge in [-0.15, -0.1) is 0 Å². The van der Waals surface area contributed by atoms with E-state index in [1.807, 2.05) is 0 Å². The Balaban J connectivity index is 1.88. The van der Waals surface area contributed by atoms with E-state index in [1.54, 1.807) is 6.92 Å². The van der Waals surface area contributed by atoms with E-state index >= 15 is 0 Å². The number of likely N-dealkylation sites (tertiary alicyclic amines) is 2. The Hall–Kier alpha value is -1.92. The Morgan fingerprint density at radius 3 is 2.35 bits per heavy atom. The third-order valence-electron chi connectivity index (χ3n) is 4.10. The molecule has 0 aromatic heterocycles. The molecule has 7 heteroatoms. The van der Waals surface area contributed by atoms with Gasteiger partial charge in [-0.25, -0.2) is 0 Å². The molecule has 0 saturated carbocycles. The topological polar surface area (TPSA) is 95.0 Å². The van der Waals surface area contributed by atoms with Crippen LogP contribution in [0.4, 0.5) is 0 Å². The van der Waals surface area contributed by atoms with Crippen molar-refractivity contribution >= 4 is 23.7 Å². The number of imide groups is 1. The monoisotopic (exact) mass is 282 g/mol. The maximum absolute atomic E-state index is 12.1. The molecule has 7 nitrogen and oxygen atoms in total. The molecule has 2 aliphatic rings. The number of hydrogen-bond donors (Lipinski definition) is 1. The molecule has 0 radical (unpaired) electrons. The fourth-order valence-electron chi connectivity index (χ4n) is 2.85. The number of hydrogen-bond acceptors (Lipinski definition) is 4. The number of aliphatic carboxylic acids is 1. The highest BCUT2D eigenvalue weighted by Crippen LogP contribution is 2.25. The van der Waals surface area contributed by atoms with E-state index in [4.69, 9.17) is 5.11 Å². The Morgan fingerprint density at radius 1 is 1.25 bits per heavy atom. The molecule has 0 spiro atoms. The summed E-state index contributed by atoms with van der Waals surface area (Å²) in [5.41, 5.74) is 0. The standard InChI is InChI=1S/C13H18N2O5/c1-8-9(13(19)20)4-6-14(8)12(18)5-7-15-10(16)2-3-11(15)17/h8-9H,2-7H2,1H3,(H,19,20). The summed E-state index contributed by atoms with van der Waals surface area (Å²) < 4.78 is 0. The van der Waals surface area contributed by atoms with Crippen LogP contribution in [-0.4, -0.2) is 57.7 Å². The van der Waals surface area contributed by atoms with Crippen molar-refractivity contribution in [3.05, 3.63) is 0 Å². The second-order valence-corrected chi connectivity index (χ2v) is 5.25. The lowest BCUT2D eigenvalue weighted by atomic mass is 10.0. The van der Waals surface area contributed by atoms with E-state index in [1.165, 1.54) is 4.90 Å². The molecular formula is C13H18N2O5. The normalized spacial score (nSPS) is 26.4. The lowest BCUT2D eigenvalue weighted by Crippen LogP contribution is -2.40. The quantitative estimate of drug-likeness (QED) is 0.723. The highest BCUT2D eigenvalue weighted by molar-refractivity contribution is 6.02. The zero-order chi connectivity index (χ0) is 14.9. The highest BCUT2D eigenvalue weighted by Gasteiger charge is 2.38. The first-order valence-corrected chi connectivity index (χ1v) is 6.77. The van der Waals surface area contributed by atoms with Gasteiger partial charge in [0, 0.05) is 38.4 Å². The number of rotatable bonds is 4. The maximum atomic E-state index is 12.1. The molecule has 20 heavy (non-hydrogen) atoms. The summed E-state index contributed by atoms with van der Waals surface area (Å²) in [5, 5.41) is 9.02. The van der Waals surface area contributed by atoms with Gasteiger partial charge in [-0.05, 0) is 13.3 Å². The van der Waals surface area contributed by atoms with Crippen LogP contribution in [0.5, 0.6) is 0 Å². The van der Waals surface area contributed by atoms with Crippen LogP contribution in [0.1, 0.15) is 32.6 Å². The average molecular weight is 282 g/mol. The molecule has 110 valence electrons. The van der Waals surface area contributed by atoms with Crippen molar-refractivity contribution in [2.24, 2.45) is 5.92 Å². The number of carboxylic acids is 1. The molecule has 0 aromatic carbocycles. The third-order valence-corrected chi connectivity index (χ3v) is 4.10. The van der Waals surface area contributed by atoms with Gasteiger partial charge in [0.1, 0.15) is 0 Å². The summed E-state index contributed by atoms with van der Waals surface area (Å²) in [7, 11) is 0. The van der Waals surface area contributed by atoms with Crippen molar-refractivity contribution in [3.8, 4) is 0 Å². The Kier molecular flexibility index (Phi) is 4.06. The summed E-state index contributed by atoms with van der Waals surface area (Å²) in [4.78, 5) is 48.6. The van der Waals surface area contributed by atoms with Crippen molar-refractivity contribution in [3.63, 3.8) is 0 Å². The SMILES string of the molecule is CC1C(C(=O)O)CCN1C(=O)CCN1C(=O)CCC1=O. The van der Waals surface area contributed by atoms with Crippen LogP contribution in [0.25, 0.3) is 0 Å². The highest BCUT2D eigenvalue weighted by atomic mass is 16.4. The summed E-state index contributed by atoms with van der Waals surface area (Å²) >= 11 is 0. The summed E-state index contributed by atoms with van der Waals surface area (Å²) in [6.07, 6.45) is 0.945. The molecule has 0 aliphatic carbocycles. The zero-order valence-electron chi connectivity index (χ0n) is 11.4. The Morgan fingerprint density at radius 2 is 1.85 bits per heavy atom. The average Bonchev–Trinajstić information content (AvgIpc) is 2.91. The minimum absolute atomic E-state index is 0.0636. The number of carboxylic acid groups (broad SMARTS) is 1. The third kappa shape index (κ3) is 2.66. The molecule has 2 saturated heterocycles. The number of nitrogens with zero attached hydrogens (tertiary/aromatic N) is 2. The van der Waals surface area contributed by atoms with Crippen molar-refractivity contribution in [1.82, 2.24) is 9.80 Å². The molecule has 1 N–H and O–H groups in total. The maximum Gasteiger partial charge on any atom is 0.308 e. The van der Waals surface area contributed by atoms with Crippen molar-refractivity contribution in [2.45, 2.75) is 38.6 Å². The van der Waals surface area contributed by atoms with Gasteiger partial charge in [0.25, 0.3) is 0 Å². The van der Waals surface area contributed by atoms with E-state index < -0.39 is 11.9 Å². The number of carbonyl (C=O) groups excluding carboxylic acids is 3. The van der Waals surface area contributed by atoms with Crippen LogP contribution in [-0.2, 0) is 19.2 Å². The Labute approximate surface area is 116 Å². The van der Waals surface area contributed by atoms with Gasteiger partial charge in [0.15, 0.2) is 0 Å². The first-order chi connectivity index (χ1) is 9.41. The van der Waals surface area contributed by atoms with E-state index in [9.17, 15) is 19.2 Å². The number of carbonyl (C=O) groups is 4. The van der Waals surface area contributed by atoms with Crippen molar-refractivity contribution < 1.29 is 24.3 Å². The van der Waals surface area contributed by atoms with Gasteiger partial charge in [-0.2, -0.15) is 0 Å². The zero-order valence-corrected chi connectivity index (χ0v) is 11.4. The molecule has 3 amide bonds. The molecule has 0 bridgehead atoms. The first-order valence-electron chi connectivity index (χ1n) is 6.77. The van der Waals surface area contributed by atoms with Gasteiger partial charge in [-0.1, -0.05) is 0 Å². The van der Waals surface area contributed by atoms with E-state index in [0.29, 0.717) is 13.0 Å². The minimum Gasteiger partial charge on any atom is -0.481 e. The first kappa shape index (κ1) is 14.5. The molecule has 0 aromatic rings. The molecule has 2 aliphatic heterocycles. The van der Waals surface area contributed by atoms with Gasteiger partial charge in [-0.3, -0.25) is 24.1 Å². The predicted molar refractivity (Wildman–Crippen MR) is 67.5 cm³/mol. The van der Waals surface area contributed by atoms with Crippen LogP contribution in [0.3, 0.4) is 0 Å². The van der Waals surface area contributed by atoms with E-state index in [2.05, 4.69) is 0 Å². The second-order valence-electron chi connectivity index (χ2n) is 5.25. The van der Waals surface area contributed by atoms with Crippen molar-refractivity contribution in [1.29, 1.82) is 0 Å². The van der Waals surface area contributed by atoms with Gasteiger partial charge < -0.3 is 10.0 Å². The summed E-state index contributed by atoms with van der Waals surface area (Å²) in [5.74, 6) is -2.10. The van der Waals surface area contributed by atoms with Gasteiger partial charge >= 0.3 is 5.97 Å². The van der Waals surface area contributed by atoms with Crippen LogP contribution < -0.4 is 0 Å². The van der Waals surface area contributed by atoms with E-state index in [0.717, 1.165) is 4.90 Å². The van der Waals surface area contributed by atoms with Crippen LogP contribution >= 0.6 is 0 Å². The van der Waals surface area contributed by atoms with Gasteiger partial charge in [0.2, 0.25) is 17.7 Å². The smallest absolute Gasteiger partial charge is 0.308 e. The fourth-order valence-corrected chi connectivity index (χ4v) is 2.85. The molecule has 2 rings (SSSR count). The van der Waals surface area contributed by atoms with Crippen LogP contribution in [0.2, 0.25) is 0 Å². The molecule has 2 heterocycles. The predicted octanol–water partition coefficient (Wildman–Crippen LogP) is -0.153. The summed E-state index contributed by atoms with van der Waals surface area (Å²) in [6.45, 7) is 2.23. The van der Waals surface area contributed by atoms with E-state index in [-0.39, 0.29) is 49.6 Å². The minimum atomic E-state index is -0.891. The second kappa shape index (κ2) is 5.60. The summed E-state index contributed by atoms with van der Waals surface area (Å²) in [6, 6.07) is -0.343. The molecule has 2 atom stereocenters. The number of amides is 3. The largest absolute Gasteiger partial charge is 0.481 e. The van der Waals surface area contributed by atoms with Crippen LogP contribution in [0, 0.1) is 5.92 Å². The van der Waals surface area contributed by atoms with Crippen LogP contribution in [0.15, 0.2) is 0 Å². The molecule has 2 unspecified atom stereocenters. The fraction of sp³-hybridized carbons (Fsp3) is 0.692. The molecular weight excluding hydrogens is 264 g/mol. The lowest BCUT2D eigenvalue weighted by molar-refractivity contribution is -0.143. The lowest BCUT2D eigenvalue weighted by Gasteiger charge is -2.24. The van der Waals surface area contributed by atoms with Crippen molar-refractivity contribution in [2.75, 3.05) is 13.1 Å². The molecule has 2 fully saturated rings. The van der Waals surface area contributed by atoms with Gasteiger partial charge in [0.05, 0.1) is 5.92 Å². The Bertz CT molecular complexity index is 446.